The second kappa shape index (κ2) is 7.24. The van der Waals surface area contributed by atoms with Gasteiger partial charge in [-0.05, 0) is 53.6 Å². The van der Waals surface area contributed by atoms with Crippen molar-refractivity contribution in [2.45, 2.75) is 33.3 Å². The Morgan fingerprint density at radius 1 is 1.14 bits per heavy atom. The second-order valence-corrected chi connectivity index (χ2v) is 8.26. The number of rotatable bonds is 4. The van der Waals surface area contributed by atoms with Crippen LogP contribution in [0.2, 0.25) is 0 Å². The maximum absolute atomic E-state index is 12.5. The van der Waals surface area contributed by atoms with Gasteiger partial charge in [-0.3, -0.25) is 0 Å². The van der Waals surface area contributed by atoms with Crippen LogP contribution in [0, 0.1) is 6.92 Å². The summed E-state index contributed by atoms with van der Waals surface area (Å²) in [5, 5.41) is 1.82. The van der Waals surface area contributed by atoms with Crippen molar-refractivity contribution in [3.8, 4) is 0 Å². The maximum atomic E-state index is 12.5. The van der Waals surface area contributed by atoms with Crippen molar-refractivity contribution < 1.29 is 13.9 Å². The molecule has 0 aliphatic heterocycles. The molecule has 4 aromatic rings. The van der Waals surface area contributed by atoms with Gasteiger partial charge in [0.15, 0.2) is 0 Å². The number of hydrogen-bond donors (Lipinski definition) is 0. The predicted molar refractivity (Wildman–Crippen MR) is 112 cm³/mol. The molecule has 142 valence electrons. The minimum Gasteiger partial charge on any atom is -0.457 e. The monoisotopic (exact) mass is 392 g/mol. The summed E-state index contributed by atoms with van der Waals surface area (Å²) < 4.78 is 11.9. The summed E-state index contributed by atoms with van der Waals surface area (Å²) in [4.78, 5) is 25.0. The zero-order valence-corrected chi connectivity index (χ0v) is 16.8. The third kappa shape index (κ3) is 3.45. The topological polar surface area (TPSA) is 56.5 Å². The molecule has 0 aliphatic carbocycles. The van der Waals surface area contributed by atoms with E-state index in [4.69, 9.17) is 9.15 Å². The van der Waals surface area contributed by atoms with Gasteiger partial charge in [0, 0.05) is 21.7 Å². The van der Waals surface area contributed by atoms with Crippen molar-refractivity contribution >= 4 is 38.4 Å². The number of carbonyl (C=O) groups excluding carboxylic acids is 1. The average Bonchev–Trinajstić information content (AvgIpc) is 3.09. The lowest BCUT2D eigenvalue weighted by Crippen LogP contribution is -2.07. The molecule has 0 spiro atoms. The number of benzene rings is 2. The Hall–Kier alpha value is -2.92. The molecule has 4 rings (SSSR count). The van der Waals surface area contributed by atoms with Crippen LogP contribution in [0.25, 0.3) is 21.1 Å². The zero-order valence-electron chi connectivity index (χ0n) is 15.9. The Morgan fingerprint density at radius 2 is 1.93 bits per heavy atom. The fraction of sp³-hybridized carbons (Fsp3) is 0.217. The normalized spacial score (nSPS) is 11.4. The highest BCUT2D eigenvalue weighted by molar-refractivity contribution is 7.20. The molecule has 0 amide bonds. The molecule has 0 saturated carbocycles. The van der Waals surface area contributed by atoms with E-state index in [1.807, 2.05) is 49.4 Å². The van der Waals surface area contributed by atoms with Gasteiger partial charge in [0.2, 0.25) is 0 Å². The SMILES string of the molecule is Cc1cc2oc(=O)cc(COC(=O)c3cc4ccccc4s3)c2cc1C(C)C. The first kappa shape index (κ1) is 18.4. The van der Waals surface area contributed by atoms with Gasteiger partial charge >= 0.3 is 11.6 Å². The van der Waals surface area contributed by atoms with Crippen molar-refractivity contribution in [2.24, 2.45) is 0 Å². The number of esters is 1. The number of thiophene rings is 1. The highest BCUT2D eigenvalue weighted by Gasteiger charge is 2.15. The van der Waals surface area contributed by atoms with Crippen molar-refractivity contribution in [1.82, 2.24) is 0 Å². The molecular weight excluding hydrogens is 372 g/mol. The number of carbonyl (C=O) groups is 1. The molecule has 2 aromatic heterocycles. The molecule has 28 heavy (non-hydrogen) atoms. The van der Waals surface area contributed by atoms with Crippen LogP contribution in [0.1, 0.15) is 46.1 Å². The van der Waals surface area contributed by atoms with E-state index in [2.05, 4.69) is 13.8 Å². The van der Waals surface area contributed by atoms with Crippen molar-refractivity contribution in [3.05, 3.63) is 80.5 Å². The summed E-state index contributed by atoms with van der Waals surface area (Å²) in [5.41, 5.74) is 2.98. The third-order valence-electron chi connectivity index (χ3n) is 4.82. The Bertz CT molecular complexity index is 1210. The number of hydrogen-bond acceptors (Lipinski definition) is 5. The second-order valence-electron chi connectivity index (χ2n) is 7.17. The Balaban J connectivity index is 1.66. The Morgan fingerprint density at radius 3 is 2.68 bits per heavy atom. The van der Waals surface area contributed by atoms with Crippen LogP contribution >= 0.6 is 11.3 Å². The molecule has 2 heterocycles. The van der Waals surface area contributed by atoms with E-state index in [1.54, 1.807) is 0 Å². The molecule has 0 radical (unpaired) electrons. The first-order valence-corrected chi connectivity index (χ1v) is 9.97. The van der Waals surface area contributed by atoms with Crippen LogP contribution < -0.4 is 5.63 Å². The van der Waals surface area contributed by atoms with Gasteiger partial charge in [-0.1, -0.05) is 32.0 Å². The van der Waals surface area contributed by atoms with Crippen molar-refractivity contribution in [3.63, 3.8) is 0 Å². The maximum Gasteiger partial charge on any atom is 0.348 e. The first-order valence-electron chi connectivity index (χ1n) is 9.15. The molecule has 0 fully saturated rings. The van der Waals surface area contributed by atoms with Crippen molar-refractivity contribution in [1.29, 1.82) is 0 Å². The summed E-state index contributed by atoms with van der Waals surface area (Å²) in [5.74, 6) is -0.0518. The summed E-state index contributed by atoms with van der Waals surface area (Å²) in [6, 6.07) is 15.0. The largest absolute Gasteiger partial charge is 0.457 e. The quantitative estimate of drug-likeness (QED) is 0.325. The van der Waals surface area contributed by atoms with Gasteiger partial charge in [-0.25, -0.2) is 9.59 Å². The van der Waals surface area contributed by atoms with E-state index >= 15 is 0 Å². The van der Waals surface area contributed by atoms with E-state index in [1.165, 1.54) is 23.0 Å². The summed E-state index contributed by atoms with van der Waals surface area (Å²) in [7, 11) is 0. The molecule has 0 N–H and O–H groups in total. The molecule has 0 bridgehead atoms. The van der Waals surface area contributed by atoms with Crippen LogP contribution in [0.4, 0.5) is 0 Å². The highest BCUT2D eigenvalue weighted by Crippen LogP contribution is 2.28. The standard InChI is InChI=1S/C23H20O4S/c1-13(2)17-11-18-16(10-22(24)27-19(18)8-14(17)3)12-26-23(25)21-9-15-6-4-5-7-20(15)28-21/h4-11,13H,12H2,1-3H3. The fourth-order valence-electron chi connectivity index (χ4n) is 3.43. The lowest BCUT2D eigenvalue weighted by Gasteiger charge is -2.13. The molecule has 0 aliphatic rings. The fourth-order valence-corrected chi connectivity index (χ4v) is 4.39. The van der Waals surface area contributed by atoms with Crippen LogP contribution in [-0.4, -0.2) is 5.97 Å². The van der Waals surface area contributed by atoms with Crippen LogP contribution in [-0.2, 0) is 11.3 Å². The Kier molecular flexibility index (Phi) is 4.77. The van der Waals surface area contributed by atoms with Crippen molar-refractivity contribution in [2.75, 3.05) is 0 Å². The number of aryl methyl sites for hydroxylation is 1. The number of fused-ring (bicyclic) bond motifs is 2. The van der Waals surface area contributed by atoms with Crippen LogP contribution in [0.15, 0.2) is 57.7 Å². The van der Waals surface area contributed by atoms with E-state index in [-0.39, 0.29) is 6.61 Å². The van der Waals surface area contributed by atoms with Crippen LogP contribution in [0.5, 0.6) is 0 Å². The highest BCUT2D eigenvalue weighted by atomic mass is 32.1. The first-order chi connectivity index (χ1) is 13.4. The van der Waals surface area contributed by atoms with Gasteiger partial charge in [-0.15, -0.1) is 11.3 Å². The van der Waals surface area contributed by atoms with E-state index < -0.39 is 11.6 Å². The minimum atomic E-state index is -0.447. The predicted octanol–water partition coefficient (Wildman–Crippen LogP) is 5.80. The molecule has 0 saturated heterocycles. The minimum absolute atomic E-state index is 0.0236. The molecule has 0 atom stereocenters. The third-order valence-corrected chi connectivity index (χ3v) is 5.92. The van der Waals surface area contributed by atoms with E-state index in [9.17, 15) is 9.59 Å². The van der Waals surface area contributed by atoms with Gasteiger partial charge in [0.25, 0.3) is 0 Å². The van der Waals surface area contributed by atoms with E-state index in [0.717, 1.165) is 21.0 Å². The molecule has 5 heteroatoms. The molecule has 2 aromatic carbocycles. The Labute approximate surface area is 166 Å². The van der Waals surface area contributed by atoms with Gasteiger partial charge in [0.05, 0.1) is 0 Å². The summed E-state index contributed by atoms with van der Waals surface area (Å²) >= 11 is 1.40. The lowest BCUT2D eigenvalue weighted by molar-refractivity contribution is 0.0479. The molecule has 0 unspecified atom stereocenters. The van der Waals surface area contributed by atoms with E-state index in [0.29, 0.717) is 21.9 Å². The van der Waals surface area contributed by atoms with Crippen LogP contribution in [0.3, 0.4) is 0 Å². The molecular formula is C23H20O4S. The van der Waals surface area contributed by atoms with Gasteiger partial charge in [0.1, 0.15) is 17.1 Å². The summed E-state index contributed by atoms with van der Waals surface area (Å²) in [6.45, 7) is 6.27. The average molecular weight is 392 g/mol. The van der Waals surface area contributed by atoms with Gasteiger partial charge < -0.3 is 9.15 Å². The van der Waals surface area contributed by atoms with Gasteiger partial charge in [-0.2, -0.15) is 0 Å². The lowest BCUT2D eigenvalue weighted by atomic mass is 9.95. The smallest absolute Gasteiger partial charge is 0.348 e. The zero-order chi connectivity index (χ0) is 19.8. The summed E-state index contributed by atoms with van der Waals surface area (Å²) in [6.07, 6.45) is 0. The number of ether oxygens (including phenoxy) is 1. The molecule has 4 nitrogen and oxygen atoms in total.